The van der Waals surface area contributed by atoms with E-state index in [0.717, 1.165) is 0 Å². The molecule has 2 rings (SSSR count). The Labute approximate surface area is 105 Å². The molecule has 0 aromatic carbocycles. The number of ketones is 1. The number of aliphatic hydroxyl groups is 2. The molecule has 0 aromatic rings. The number of carbonyl (C=O) groups excluding carboxylic acids is 1. The summed E-state index contributed by atoms with van der Waals surface area (Å²) in [6, 6.07) is 0. The molecule has 0 bridgehead atoms. The molecule has 5 heteroatoms. The molecule has 0 aromatic heterocycles. The van der Waals surface area contributed by atoms with Gasteiger partial charge < -0.3 is 19.7 Å². The highest BCUT2D eigenvalue weighted by molar-refractivity contribution is 6.06. The summed E-state index contributed by atoms with van der Waals surface area (Å²) >= 11 is 0. The Morgan fingerprint density at radius 1 is 1.56 bits per heavy atom. The monoisotopic (exact) mass is 252 g/mol. The lowest BCUT2D eigenvalue weighted by Crippen LogP contribution is -2.52. The molecule has 2 N–H and O–H groups in total. The van der Waals surface area contributed by atoms with Crippen LogP contribution in [-0.4, -0.2) is 41.4 Å². The summed E-state index contributed by atoms with van der Waals surface area (Å²) in [7, 11) is 1.47. The van der Waals surface area contributed by atoms with Gasteiger partial charge in [0.05, 0.1) is 12.9 Å². The molecule has 2 atom stereocenters. The van der Waals surface area contributed by atoms with Crippen LogP contribution in [-0.2, 0) is 14.3 Å². The van der Waals surface area contributed by atoms with Crippen LogP contribution >= 0.6 is 0 Å². The van der Waals surface area contributed by atoms with Gasteiger partial charge in [0.2, 0.25) is 0 Å². The summed E-state index contributed by atoms with van der Waals surface area (Å²) in [5.74, 6) is 0.0962. The van der Waals surface area contributed by atoms with E-state index in [2.05, 4.69) is 0 Å². The van der Waals surface area contributed by atoms with Gasteiger partial charge in [0, 0.05) is 18.3 Å². The summed E-state index contributed by atoms with van der Waals surface area (Å²) in [6.07, 6.45) is 1.73. The average Bonchev–Trinajstić information content (AvgIpc) is 2.32. The van der Waals surface area contributed by atoms with Crippen LogP contribution in [0, 0.1) is 0 Å². The van der Waals surface area contributed by atoms with E-state index in [1.165, 1.54) is 20.3 Å². The fourth-order valence-electron chi connectivity index (χ4n) is 2.16. The zero-order valence-corrected chi connectivity index (χ0v) is 10.6. The standard InChI is InChI=1S/C13H16O5/c1-7-4-8-9(5-17-3)11(14)13(2,16)12(15)10(8)6-18-7/h4,6,12,15-16H,5H2,1-3H3/t12-,13-/m0/s1. The third-order valence-electron chi connectivity index (χ3n) is 3.21. The second-order valence-electron chi connectivity index (χ2n) is 4.65. The SMILES string of the molecule is COCC1=C2C=C(C)OC=C2[C@H](O)[C@@](C)(O)C1=O. The highest BCUT2D eigenvalue weighted by Crippen LogP contribution is 2.37. The van der Waals surface area contributed by atoms with Crippen molar-refractivity contribution in [2.24, 2.45) is 0 Å². The fourth-order valence-corrected chi connectivity index (χ4v) is 2.16. The van der Waals surface area contributed by atoms with Gasteiger partial charge in [-0.2, -0.15) is 0 Å². The molecular weight excluding hydrogens is 236 g/mol. The molecule has 18 heavy (non-hydrogen) atoms. The Balaban J connectivity index is 2.61. The Morgan fingerprint density at radius 2 is 2.22 bits per heavy atom. The molecule has 0 unspecified atom stereocenters. The predicted molar refractivity (Wildman–Crippen MR) is 63.5 cm³/mol. The Bertz CT molecular complexity index is 482. The maximum absolute atomic E-state index is 12.2. The van der Waals surface area contributed by atoms with Crippen molar-refractivity contribution in [2.75, 3.05) is 13.7 Å². The van der Waals surface area contributed by atoms with Crippen molar-refractivity contribution in [3.63, 3.8) is 0 Å². The van der Waals surface area contributed by atoms with Crippen molar-refractivity contribution in [3.8, 4) is 0 Å². The number of fused-ring (bicyclic) bond motifs is 1. The first-order chi connectivity index (χ1) is 8.39. The maximum atomic E-state index is 12.2. The fraction of sp³-hybridized carbons (Fsp3) is 0.462. The van der Waals surface area contributed by atoms with Crippen molar-refractivity contribution in [2.45, 2.75) is 25.6 Å². The van der Waals surface area contributed by atoms with Gasteiger partial charge in [0.15, 0.2) is 11.4 Å². The topological polar surface area (TPSA) is 76.0 Å². The van der Waals surface area contributed by atoms with Crippen molar-refractivity contribution < 1.29 is 24.5 Å². The number of rotatable bonds is 2. The van der Waals surface area contributed by atoms with Crippen LogP contribution in [0.1, 0.15) is 13.8 Å². The first-order valence-electron chi connectivity index (χ1n) is 5.62. The molecule has 98 valence electrons. The normalized spacial score (nSPS) is 31.6. The summed E-state index contributed by atoms with van der Waals surface area (Å²) in [6.45, 7) is 3.12. The van der Waals surface area contributed by atoms with E-state index in [4.69, 9.17) is 9.47 Å². The van der Waals surface area contributed by atoms with E-state index in [9.17, 15) is 15.0 Å². The number of ether oxygens (including phenoxy) is 2. The second-order valence-corrected chi connectivity index (χ2v) is 4.65. The predicted octanol–water partition coefficient (Wildman–Crippen LogP) is 0.442. The minimum Gasteiger partial charge on any atom is -0.469 e. The van der Waals surface area contributed by atoms with Gasteiger partial charge in [-0.3, -0.25) is 4.79 Å². The highest BCUT2D eigenvalue weighted by Gasteiger charge is 2.48. The van der Waals surface area contributed by atoms with Crippen LogP contribution in [0.15, 0.2) is 34.8 Å². The van der Waals surface area contributed by atoms with Gasteiger partial charge >= 0.3 is 0 Å². The zero-order valence-electron chi connectivity index (χ0n) is 10.6. The van der Waals surface area contributed by atoms with E-state index in [1.54, 1.807) is 13.0 Å². The Hall–Kier alpha value is -1.43. The Morgan fingerprint density at radius 3 is 2.83 bits per heavy atom. The van der Waals surface area contributed by atoms with Gasteiger partial charge in [-0.15, -0.1) is 0 Å². The first kappa shape index (κ1) is 13.0. The van der Waals surface area contributed by atoms with Crippen LogP contribution in [0.5, 0.6) is 0 Å². The summed E-state index contributed by atoms with van der Waals surface area (Å²) < 4.78 is 10.2. The summed E-state index contributed by atoms with van der Waals surface area (Å²) in [5, 5.41) is 20.2. The largest absolute Gasteiger partial charge is 0.469 e. The van der Waals surface area contributed by atoms with E-state index < -0.39 is 17.5 Å². The van der Waals surface area contributed by atoms with E-state index in [-0.39, 0.29) is 6.61 Å². The highest BCUT2D eigenvalue weighted by atomic mass is 16.5. The van der Waals surface area contributed by atoms with Crippen molar-refractivity contribution in [3.05, 3.63) is 34.8 Å². The van der Waals surface area contributed by atoms with Gasteiger partial charge in [0.25, 0.3) is 0 Å². The van der Waals surface area contributed by atoms with Crippen LogP contribution in [0.2, 0.25) is 0 Å². The van der Waals surface area contributed by atoms with Crippen molar-refractivity contribution in [1.82, 2.24) is 0 Å². The molecule has 0 radical (unpaired) electrons. The molecular formula is C13H16O5. The zero-order chi connectivity index (χ0) is 13.5. The Kier molecular flexibility index (Phi) is 3.14. The average molecular weight is 252 g/mol. The molecule has 1 heterocycles. The second kappa shape index (κ2) is 4.35. The minimum absolute atomic E-state index is 0.0815. The molecule has 5 nitrogen and oxygen atoms in total. The summed E-state index contributed by atoms with van der Waals surface area (Å²) in [5.41, 5.74) is -0.533. The van der Waals surface area contributed by atoms with Gasteiger partial charge in [-0.05, 0) is 25.5 Å². The van der Waals surface area contributed by atoms with Crippen LogP contribution < -0.4 is 0 Å². The lowest BCUT2D eigenvalue weighted by molar-refractivity contribution is -0.142. The van der Waals surface area contributed by atoms with Crippen LogP contribution in [0.4, 0.5) is 0 Å². The number of methoxy groups -OCH3 is 1. The number of hydrogen-bond donors (Lipinski definition) is 2. The number of carbonyl (C=O) groups is 1. The van der Waals surface area contributed by atoms with Gasteiger partial charge in [-0.1, -0.05) is 0 Å². The molecule has 0 saturated carbocycles. The quantitative estimate of drug-likeness (QED) is 0.746. The van der Waals surface area contributed by atoms with E-state index >= 15 is 0 Å². The lowest BCUT2D eigenvalue weighted by atomic mass is 9.75. The maximum Gasteiger partial charge on any atom is 0.196 e. The number of allylic oxidation sites excluding steroid dienone is 2. The third kappa shape index (κ3) is 1.80. The number of hydrogen-bond acceptors (Lipinski definition) is 5. The van der Waals surface area contributed by atoms with E-state index in [1.807, 2.05) is 0 Å². The van der Waals surface area contributed by atoms with Crippen molar-refractivity contribution >= 4 is 5.78 Å². The van der Waals surface area contributed by atoms with Gasteiger partial charge in [0.1, 0.15) is 11.9 Å². The molecule has 0 amide bonds. The van der Waals surface area contributed by atoms with Crippen LogP contribution in [0.3, 0.4) is 0 Å². The molecule has 0 saturated heterocycles. The number of Topliss-reactive ketones (excluding diaryl/α,β-unsaturated/α-hetero) is 1. The first-order valence-corrected chi connectivity index (χ1v) is 5.62. The molecule has 1 aliphatic carbocycles. The summed E-state index contributed by atoms with van der Waals surface area (Å²) in [4.78, 5) is 12.2. The smallest absolute Gasteiger partial charge is 0.196 e. The number of aliphatic hydroxyl groups excluding tert-OH is 1. The molecule has 0 fully saturated rings. The van der Waals surface area contributed by atoms with Gasteiger partial charge in [-0.25, -0.2) is 0 Å². The van der Waals surface area contributed by atoms with Crippen molar-refractivity contribution in [1.29, 1.82) is 0 Å². The minimum atomic E-state index is -1.86. The lowest BCUT2D eigenvalue weighted by Gasteiger charge is -2.37. The molecule has 2 aliphatic rings. The van der Waals surface area contributed by atoms with Crippen LogP contribution in [0.25, 0.3) is 0 Å². The molecule has 1 aliphatic heterocycles. The van der Waals surface area contributed by atoms with E-state index in [0.29, 0.717) is 22.5 Å². The molecule has 0 spiro atoms. The third-order valence-corrected chi connectivity index (χ3v) is 3.21.